The van der Waals surface area contributed by atoms with E-state index < -0.39 is 12.0 Å². The van der Waals surface area contributed by atoms with E-state index in [1.807, 2.05) is 0 Å². The van der Waals surface area contributed by atoms with Crippen LogP contribution >= 0.6 is 11.6 Å². The van der Waals surface area contributed by atoms with Crippen LogP contribution in [-0.2, 0) is 4.74 Å². The van der Waals surface area contributed by atoms with Gasteiger partial charge in [0.1, 0.15) is 0 Å². The Hall–Kier alpha value is -1.79. The van der Waals surface area contributed by atoms with Crippen LogP contribution in [0.15, 0.2) is 18.2 Å². The van der Waals surface area contributed by atoms with Gasteiger partial charge in [-0.05, 0) is 37.5 Å². The summed E-state index contributed by atoms with van der Waals surface area (Å²) in [5.74, 6) is -1.13. The van der Waals surface area contributed by atoms with Crippen LogP contribution in [0.4, 0.5) is 10.5 Å². The van der Waals surface area contributed by atoms with Gasteiger partial charge in [-0.2, -0.15) is 0 Å². The third kappa shape index (κ3) is 4.61. The molecule has 0 saturated carbocycles. The van der Waals surface area contributed by atoms with Crippen molar-refractivity contribution >= 4 is 29.3 Å². The molecule has 1 atom stereocenters. The van der Waals surface area contributed by atoms with Crippen molar-refractivity contribution < 1.29 is 19.4 Å². The minimum atomic E-state index is -1.13. The normalized spacial score (nSPS) is 18.0. The quantitative estimate of drug-likeness (QED) is 0.797. The predicted molar refractivity (Wildman–Crippen MR) is 79.0 cm³/mol. The van der Waals surface area contributed by atoms with E-state index in [-0.39, 0.29) is 17.4 Å². The number of ether oxygens (including phenoxy) is 1. The number of nitrogens with one attached hydrogen (secondary N) is 2. The summed E-state index contributed by atoms with van der Waals surface area (Å²) in [5.41, 5.74) is 0.153. The topological polar surface area (TPSA) is 87.7 Å². The number of halogens is 1. The Kier molecular flexibility index (Phi) is 5.41. The number of hydrogen-bond donors (Lipinski definition) is 3. The van der Waals surface area contributed by atoms with Crippen LogP contribution in [0.1, 0.15) is 29.6 Å². The number of carbonyl (C=O) groups is 2. The molecule has 114 valence electrons. The molecule has 1 aliphatic heterocycles. The molecule has 1 heterocycles. The van der Waals surface area contributed by atoms with Gasteiger partial charge in [0.25, 0.3) is 0 Å². The van der Waals surface area contributed by atoms with Gasteiger partial charge >= 0.3 is 12.0 Å². The molecular weight excluding hydrogens is 296 g/mol. The van der Waals surface area contributed by atoms with E-state index >= 15 is 0 Å². The van der Waals surface area contributed by atoms with Gasteiger partial charge in [0.15, 0.2) is 0 Å². The third-order valence-corrected chi connectivity index (χ3v) is 3.46. The Morgan fingerprint density at radius 3 is 2.86 bits per heavy atom. The molecule has 21 heavy (non-hydrogen) atoms. The van der Waals surface area contributed by atoms with Crippen molar-refractivity contribution in [2.45, 2.75) is 25.4 Å². The maximum absolute atomic E-state index is 11.8. The fourth-order valence-electron chi connectivity index (χ4n) is 2.15. The van der Waals surface area contributed by atoms with E-state index in [2.05, 4.69) is 10.6 Å². The average Bonchev–Trinajstić information content (AvgIpc) is 2.46. The zero-order valence-corrected chi connectivity index (χ0v) is 12.2. The van der Waals surface area contributed by atoms with Crippen molar-refractivity contribution in [1.82, 2.24) is 5.32 Å². The molecule has 0 bridgehead atoms. The summed E-state index contributed by atoms with van der Waals surface area (Å²) >= 11 is 5.82. The third-order valence-electron chi connectivity index (χ3n) is 3.22. The van der Waals surface area contributed by atoms with Crippen LogP contribution < -0.4 is 10.6 Å². The number of hydrogen-bond acceptors (Lipinski definition) is 3. The van der Waals surface area contributed by atoms with Crippen molar-refractivity contribution in [2.24, 2.45) is 0 Å². The summed E-state index contributed by atoms with van der Waals surface area (Å²) in [7, 11) is 0. The SMILES string of the molecule is O=C(NCC1CCCCO1)Nc1cc(Cl)ccc1C(=O)O. The summed E-state index contributed by atoms with van der Waals surface area (Å²) in [4.78, 5) is 22.9. The van der Waals surface area contributed by atoms with Crippen LogP contribution in [-0.4, -0.2) is 36.4 Å². The van der Waals surface area contributed by atoms with Gasteiger partial charge in [-0.25, -0.2) is 9.59 Å². The molecule has 1 saturated heterocycles. The second-order valence-electron chi connectivity index (χ2n) is 4.82. The molecule has 0 spiro atoms. The fourth-order valence-corrected chi connectivity index (χ4v) is 2.32. The van der Waals surface area contributed by atoms with E-state index in [1.54, 1.807) is 0 Å². The molecule has 0 aliphatic carbocycles. The number of amides is 2. The lowest BCUT2D eigenvalue weighted by Gasteiger charge is -2.22. The van der Waals surface area contributed by atoms with Crippen molar-refractivity contribution in [3.05, 3.63) is 28.8 Å². The highest BCUT2D eigenvalue weighted by Gasteiger charge is 2.16. The molecule has 1 unspecified atom stereocenters. The van der Waals surface area contributed by atoms with Crippen LogP contribution in [0.2, 0.25) is 5.02 Å². The van der Waals surface area contributed by atoms with E-state index in [9.17, 15) is 9.59 Å². The number of carboxylic acids is 1. The molecule has 7 heteroatoms. The highest BCUT2D eigenvalue weighted by atomic mass is 35.5. The van der Waals surface area contributed by atoms with Crippen LogP contribution in [0.25, 0.3) is 0 Å². The number of carbonyl (C=O) groups excluding carboxylic acids is 1. The number of urea groups is 1. The van der Waals surface area contributed by atoms with Crippen LogP contribution in [0.5, 0.6) is 0 Å². The Labute approximate surface area is 127 Å². The zero-order valence-electron chi connectivity index (χ0n) is 11.4. The lowest BCUT2D eigenvalue weighted by molar-refractivity contribution is 0.0187. The first-order valence-electron chi connectivity index (χ1n) is 6.75. The number of rotatable bonds is 4. The second-order valence-corrected chi connectivity index (χ2v) is 5.26. The largest absolute Gasteiger partial charge is 0.478 e. The minimum Gasteiger partial charge on any atom is -0.478 e. The van der Waals surface area contributed by atoms with E-state index in [0.29, 0.717) is 18.2 Å². The molecule has 2 rings (SSSR count). The van der Waals surface area contributed by atoms with E-state index in [4.69, 9.17) is 21.4 Å². The monoisotopic (exact) mass is 312 g/mol. The molecule has 6 nitrogen and oxygen atoms in total. The smallest absolute Gasteiger partial charge is 0.337 e. The molecule has 1 aromatic rings. The Morgan fingerprint density at radius 2 is 2.19 bits per heavy atom. The average molecular weight is 313 g/mol. The minimum absolute atomic E-state index is 0.0107. The summed E-state index contributed by atoms with van der Waals surface area (Å²) in [6, 6.07) is 3.74. The van der Waals surface area contributed by atoms with Gasteiger partial charge in [-0.3, -0.25) is 0 Å². The number of anilines is 1. The molecule has 0 aromatic heterocycles. The first kappa shape index (κ1) is 15.6. The van der Waals surface area contributed by atoms with Crippen LogP contribution in [0.3, 0.4) is 0 Å². The van der Waals surface area contributed by atoms with Crippen molar-refractivity contribution in [3.63, 3.8) is 0 Å². The second kappa shape index (κ2) is 7.28. The highest BCUT2D eigenvalue weighted by Crippen LogP contribution is 2.21. The summed E-state index contributed by atoms with van der Waals surface area (Å²) < 4.78 is 5.50. The van der Waals surface area contributed by atoms with Crippen molar-refractivity contribution in [1.29, 1.82) is 0 Å². The van der Waals surface area contributed by atoms with E-state index in [1.165, 1.54) is 18.2 Å². The highest BCUT2D eigenvalue weighted by molar-refractivity contribution is 6.31. The predicted octanol–water partition coefficient (Wildman–Crippen LogP) is 2.73. The first-order valence-corrected chi connectivity index (χ1v) is 7.13. The van der Waals surface area contributed by atoms with Gasteiger partial charge in [0.2, 0.25) is 0 Å². The standard InChI is InChI=1S/C14H17ClN2O4/c15-9-4-5-11(13(18)19)12(7-9)17-14(20)16-8-10-3-1-2-6-21-10/h4-5,7,10H,1-3,6,8H2,(H,18,19)(H2,16,17,20). The Balaban J connectivity index is 1.92. The van der Waals surface area contributed by atoms with Crippen LogP contribution in [0, 0.1) is 0 Å². The van der Waals surface area contributed by atoms with Crippen molar-refractivity contribution in [2.75, 3.05) is 18.5 Å². The van der Waals surface area contributed by atoms with Gasteiger partial charge in [0, 0.05) is 18.2 Å². The maximum Gasteiger partial charge on any atom is 0.337 e. The lowest BCUT2D eigenvalue weighted by Crippen LogP contribution is -2.38. The maximum atomic E-state index is 11.8. The first-order chi connectivity index (χ1) is 10.1. The van der Waals surface area contributed by atoms with Gasteiger partial charge < -0.3 is 20.5 Å². The number of aromatic carboxylic acids is 1. The zero-order chi connectivity index (χ0) is 15.2. The number of carboxylic acid groups (broad SMARTS) is 1. The summed E-state index contributed by atoms with van der Waals surface area (Å²) in [5, 5.41) is 14.6. The van der Waals surface area contributed by atoms with Gasteiger partial charge in [-0.1, -0.05) is 11.6 Å². The molecule has 1 fully saturated rings. The van der Waals surface area contributed by atoms with Gasteiger partial charge in [-0.15, -0.1) is 0 Å². The Bertz CT molecular complexity index is 530. The van der Waals surface area contributed by atoms with Crippen molar-refractivity contribution in [3.8, 4) is 0 Å². The molecule has 3 N–H and O–H groups in total. The lowest BCUT2D eigenvalue weighted by atomic mass is 10.1. The molecule has 2 amide bonds. The fraction of sp³-hybridized carbons (Fsp3) is 0.429. The molecule has 1 aromatic carbocycles. The summed E-state index contributed by atoms with van der Waals surface area (Å²) in [6.07, 6.45) is 3.07. The summed E-state index contributed by atoms with van der Waals surface area (Å²) in [6.45, 7) is 1.11. The Morgan fingerprint density at radius 1 is 1.38 bits per heavy atom. The molecule has 1 aliphatic rings. The van der Waals surface area contributed by atoms with E-state index in [0.717, 1.165) is 19.3 Å². The molecular formula is C14H17ClN2O4. The molecule has 0 radical (unpaired) electrons. The van der Waals surface area contributed by atoms with Gasteiger partial charge in [0.05, 0.1) is 17.4 Å². The number of benzene rings is 1.